The molecule has 0 N–H and O–H groups in total. The molecule has 5 aromatic rings. The van der Waals surface area contributed by atoms with Crippen molar-refractivity contribution in [3.63, 3.8) is 0 Å². The molecule has 43 heavy (non-hydrogen) atoms. The fourth-order valence-corrected chi connectivity index (χ4v) is 5.39. The first-order valence-electron chi connectivity index (χ1n) is 13.4. The molecule has 0 radical (unpaired) electrons. The molecule has 4 aromatic carbocycles. The molecular weight excluding hydrogens is 566 g/mol. The molecule has 5 rings (SSSR count). The molecule has 0 fully saturated rings. The van der Waals surface area contributed by atoms with E-state index in [1.807, 2.05) is 54.6 Å². The quantitative estimate of drug-likeness (QED) is 0.0791. The lowest BCUT2D eigenvalue weighted by Crippen LogP contribution is -2.09. The maximum absolute atomic E-state index is 13.0. The van der Waals surface area contributed by atoms with Crippen LogP contribution in [0.25, 0.3) is 26.9 Å². The van der Waals surface area contributed by atoms with Crippen molar-refractivity contribution in [1.82, 2.24) is 4.98 Å². The summed E-state index contributed by atoms with van der Waals surface area (Å²) in [5.74, 6) is 2.86. The number of fused-ring (bicyclic) bond motifs is 1. The maximum Gasteiger partial charge on any atom is 0.203 e. The third-order valence-corrected chi connectivity index (χ3v) is 7.63. The topological polar surface area (TPSA) is 85.3 Å². The Labute approximate surface area is 254 Å². The molecule has 0 aliphatic rings. The molecule has 0 unspecified atom stereocenters. The Balaban J connectivity index is 1.22. The minimum Gasteiger partial charge on any atom is -0.493 e. The Bertz CT molecular complexity index is 1700. The van der Waals surface area contributed by atoms with Crippen LogP contribution >= 0.6 is 11.3 Å². The summed E-state index contributed by atoms with van der Waals surface area (Å²) in [6.07, 6.45) is 3.19. The van der Waals surface area contributed by atoms with Crippen LogP contribution in [0.4, 0.5) is 0 Å². The monoisotopic (exact) mass is 597 g/mol. The van der Waals surface area contributed by atoms with Crippen LogP contribution in [0.15, 0.2) is 84.9 Å². The van der Waals surface area contributed by atoms with Gasteiger partial charge in [-0.2, -0.15) is 0 Å². The highest BCUT2D eigenvalue weighted by Crippen LogP contribution is 2.38. The molecule has 0 bridgehead atoms. The standard InChI is InChI=1S/C34H31NO7S/c1-37-28-15-13-22(12-14-27(36)24-20-30(38-2)33(40-4)31(21-24)39-3)18-29(28)42-17-16-41-25-9-7-8-23(19-25)34-35-26-10-5-6-11-32(26)43-34/h5-15,18-21H,16-17H2,1-4H3/b14-12+. The molecule has 8 nitrogen and oxygen atoms in total. The van der Waals surface area contributed by atoms with E-state index in [9.17, 15) is 4.79 Å². The van der Waals surface area contributed by atoms with E-state index in [4.69, 9.17) is 33.4 Å². The third kappa shape index (κ3) is 6.90. The van der Waals surface area contributed by atoms with Gasteiger partial charge in [0.25, 0.3) is 0 Å². The number of hydrogen-bond acceptors (Lipinski definition) is 9. The van der Waals surface area contributed by atoms with Crippen molar-refractivity contribution in [2.45, 2.75) is 0 Å². The Morgan fingerprint density at radius 1 is 0.744 bits per heavy atom. The number of thiazole rings is 1. The zero-order chi connectivity index (χ0) is 30.2. The van der Waals surface area contributed by atoms with E-state index >= 15 is 0 Å². The third-order valence-electron chi connectivity index (χ3n) is 6.55. The molecule has 9 heteroatoms. The largest absolute Gasteiger partial charge is 0.493 e. The second-order valence-corrected chi connectivity index (χ2v) is 10.3. The predicted molar refractivity (Wildman–Crippen MR) is 169 cm³/mol. The average Bonchev–Trinajstić information content (AvgIpc) is 3.49. The van der Waals surface area contributed by atoms with Gasteiger partial charge in [0.1, 0.15) is 24.0 Å². The van der Waals surface area contributed by atoms with E-state index < -0.39 is 0 Å². The van der Waals surface area contributed by atoms with Crippen LogP contribution in [0.3, 0.4) is 0 Å². The van der Waals surface area contributed by atoms with Gasteiger partial charge in [0.15, 0.2) is 28.8 Å². The van der Waals surface area contributed by atoms with Gasteiger partial charge in [-0.1, -0.05) is 36.4 Å². The van der Waals surface area contributed by atoms with Crippen molar-refractivity contribution in [1.29, 1.82) is 0 Å². The maximum atomic E-state index is 13.0. The number of nitrogens with zero attached hydrogens (tertiary/aromatic N) is 1. The summed E-state index contributed by atoms with van der Waals surface area (Å²) in [6, 6.07) is 24.6. The van der Waals surface area contributed by atoms with Crippen LogP contribution in [-0.4, -0.2) is 52.4 Å². The molecule has 0 saturated heterocycles. The van der Waals surface area contributed by atoms with E-state index in [0.29, 0.717) is 47.5 Å². The number of hydrogen-bond donors (Lipinski definition) is 0. The van der Waals surface area contributed by atoms with Gasteiger partial charge in [-0.3, -0.25) is 4.79 Å². The highest BCUT2D eigenvalue weighted by molar-refractivity contribution is 7.21. The molecule has 0 spiro atoms. The number of ketones is 1. The molecule has 0 aliphatic carbocycles. The number of carbonyl (C=O) groups is 1. The van der Waals surface area contributed by atoms with Crippen LogP contribution in [0.5, 0.6) is 34.5 Å². The van der Waals surface area contributed by atoms with Crippen molar-refractivity contribution >= 4 is 33.4 Å². The van der Waals surface area contributed by atoms with Gasteiger partial charge in [-0.05, 0) is 60.2 Å². The van der Waals surface area contributed by atoms with Crippen molar-refractivity contribution in [3.05, 3.63) is 96.1 Å². The molecule has 1 heterocycles. The summed E-state index contributed by atoms with van der Waals surface area (Å²) < 4.78 is 34.7. The smallest absolute Gasteiger partial charge is 0.203 e. The van der Waals surface area contributed by atoms with Crippen LogP contribution in [0.1, 0.15) is 15.9 Å². The van der Waals surface area contributed by atoms with Crippen LogP contribution in [0, 0.1) is 0 Å². The highest BCUT2D eigenvalue weighted by atomic mass is 32.1. The van der Waals surface area contributed by atoms with Crippen LogP contribution in [-0.2, 0) is 0 Å². The molecule has 0 amide bonds. The fraction of sp³-hybridized carbons (Fsp3) is 0.176. The van der Waals surface area contributed by atoms with Gasteiger partial charge >= 0.3 is 0 Å². The number of carbonyl (C=O) groups excluding carboxylic acids is 1. The van der Waals surface area contributed by atoms with E-state index in [2.05, 4.69) is 6.07 Å². The summed E-state index contributed by atoms with van der Waals surface area (Å²) in [5, 5.41) is 0.946. The molecular formula is C34H31NO7S. The molecule has 0 atom stereocenters. The summed E-state index contributed by atoms with van der Waals surface area (Å²) >= 11 is 1.65. The SMILES string of the molecule is COc1ccc(/C=C/C(=O)c2cc(OC)c(OC)c(OC)c2)cc1OCCOc1cccc(-c2nc3ccccc3s2)c1. The van der Waals surface area contributed by atoms with Crippen LogP contribution < -0.4 is 28.4 Å². The number of para-hydroxylation sites is 1. The lowest BCUT2D eigenvalue weighted by molar-refractivity contribution is 0.104. The van der Waals surface area contributed by atoms with Gasteiger partial charge in [-0.25, -0.2) is 4.98 Å². The summed E-state index contributed by atoms with van der Waals surface area (Å²) in [6.45, 7) is 0.616. The van der Waals surface area contributed by atoms with Crippen molar-refractivity contribution in [3.8, 4) is 45.1 Å². The van der Waals surface area contributed by atoms with E-state index in [0.717, 1.165) is 32.1 Å². The van der Waals surface area contributed by atoms with Crippen molar-refractivity contribution in [2.24, 2.45) is 0 Å². The van der Waals surface area contributed by atoms with Gasteiger partial charge < -0.3 is 28.4 Å². The number of aromatic nitrogens is 1. The normalized spacial score (nSPS) is 11.0. The van der Waals surface area contributed by atoms with Gasteiger partial charge in [0, 0.05) is 11.1 Å². The number of ether oxygens (including phenoxy) is 6. The van der Waals surface area contributed by atoms with Crippen molar-refractivity contribution < 1.29 is 33.2 Å². The van der Waals surface area contributed by atoms with Gasteiger partial charge in [0.05, 0.1) is 38.7 Å². The Morgan fingerprint density at radius 2 is 1.49 bits per heavy atom. The van der Waals surface area contributed by atoms with Crippen molar-refractivity contribution in [2.75, 3.05) is 41.7 Å². The predicted octanol–water partition coefficient (Wildman–Crippen LogP) is 7.35. The van der Waals surface area contributed by atoms with E-state index in [1.165, 1.54) is 27.4 Å². The molecule has 0 aliphatic heterocycles. The Kier molecular flexibility index (Phi) is 9.43. The van der Waals surface area contributed by atoms with Crippen LogP contribution in [0.2, 0.25) is 0 Å². The second kappa shape index (κ2) is 13.8. The number of methoxy groups -OCH3 is 4. The zero-order valence-corrected chi connectivity index (χ0v) is 25.1. The molecule has 1 aromatic heterocycles. The second-order valence-electron chi connectivity index (χ2n) is 9.23. The minimum absolute atomic E-state index is 0.223. The average molecular weight is 598 g/mol. The first-order valence-corrected chi connectivity index (χ1v) is 14.3. The summed E-state index contributed by atoms with van der Waals surface area (Å²) in [5.41, 5.74) is 3.15. The fourth-order valence-electron chi connectivity index (χ4n) is 4.43. The number of rotatable bonds is 13. The highest BCUT2D eigenvalue weighted by Gasteiger charge is 2.16. The first kappa shape index (κ1) is 29.5. The summed E-state index contributed by atoms with van der Waals surface area (Å²) in [4.78, 5) is 17.7. The number of allylic oxidation sites excluding steroid dienone is 1. The Morgan fingerprint density at radius 3 is 2.21 bits per heavy atom. The van der Waals surface area contributed by atoms with E-state index in [-0.39, 0.29) is 5.78 Å². The zero-order valence-electron chi connectivity index (χ0n) is 24.3. The summed E-state index contributed by atoms with van der Waals surface area (Å²) in [7, 11) is 6.11. The minimum atomic E-state index is -0.223. The number of benzene rings is 4. The molecule has 0 saturated carbocycles. The molecule has 220 valence electrons. The van der Waals surface area contributed by atoms with Gasteiger partial charge in [-0.15, -0.1) is 11.3 Å². The van der Waals surface area contributed by atoms with E-state index in [1.54, 1.807) is 42.7 Å². The lowest BCUT2D eigenvalue weighted by Gasteiger charge is -2.13. The Hall–Kier alpha value is -5.02. The van der Waals surface area contributed by atoms with Gasteiger partial charge in [0.2, 0.25) is 5.75 Å². The lowest BCUT2D eigenvalue weighted by atomic mass is 10.1. The first-order chi connectivity index (χ1) is 21.0.